The summed E-state index contributed by atoms with van der Waals surface area (Å²) in [6.07, 6.45) is 8.76. The van der Waals surface area contributed by atoms with Gasteiger partial charge in [-0.15, -0.1) is 23.7 Å². The van der Waals surface area contributed by atoms with Crippen molar-refractivity contribution < 1.29 is 4.79 Å². The molecule has 0 aromatic carbocycles. The Hall–Kier alpha value is -1.44. The molecule has 1 amide bonds. The molecule has 4 rings (SSSR count). The first-order valence-corrected chi connectivity index (χ1v) is 9.95. The number of aryl methyl sites for hydroxylation is 1. The summed E-state index contributed by atoms with van der Waals surface area (Å²) in [5.74, 6) is 0.925. The number of nitrogens with two attached hydrogens (primary N) is 1. The van der Waals surface area contributed by atoms with Gasteiger partial charge in [0.1, 0.15) is 17.0 Å². The first-order chi connectivity index (χ1) is 12.2. The highest BCUT2D eigenvalue weighted by molar-refractivity contribution is 7.19. The van der Waals surface area contributed by atoms with Crippen molar-refractivity contribution in [2.45, 2.75) is 62.9 Å². The van der Waals surface area contributed by atoms with Gasteiger partial charge in [-0.1, -0.05) is 0 Å². The molecule has 1 fully saturated rings. The third kappa shape index (κ3) is 3.66. The Morgan fingerprint density at radius 2 is 1.96 bits per heavy atom. The zero-order valence-corrected chi connectivity index (χ0v) is 16.6. The van der Waals surface area contributed by atoms with E-state index in [4.69, 9.17) is 5.73 Å². The van der Waals surface area contributed by atoms with E-state index in [2.05, 4.69) is 20.6 Å². The topological polar surface area (TPSA) is 92.9 Å². The lowest BCUT2D eigenvalue weighted by Gasteiger charge is -2.29. The molecule has 0 radical (unpaired) electrons. The van der Waals surface area contributed by atoms with Crippen LogP contribution in [0.25, 0.3) is 10.2 Å². The Kier molecular flexibility index (Phi) is 5.99. The van der Waals surface area contributed by atoms with Crippen LogP contribution in [0.5, 0.6) is 0 Å². The van der Waals surface area contributed by atoms with Crippen molar-refractivity contribution in [3.63, 3.8) is 0 Å². The fourth-order valence-corrected chi connectivity index (χ4v) is 5.58. The minimum absolute atomic E-state index is 0. The van der Waals surface area contributed by atoms with Gasteiger partial charge in [0.25, 0.3) is 0 Å². The van der Waals surface area contributed by atoms with Crippen molar-refractivity contribution in [1.82, 2.24) is 15.3 Å². The summed E-state index contributed by atoms with van der Waals surface area (Å²) in [5.41, 5.74) is 6.74. The van der Waals surface area contributed by atoms with E-state index in [0.29, 0.717) is 18.5 Å². The van der Waals surface area contributed by atoms with Gasteiger partial charge in [-0.3, -0.25) is 4.79 Å². The Morgan fingerprint density at radius 1 is 1.23 bits per heavy atom. The summed E-state index contributed by atoms with van der Waals surface area (Å²) in [6.45, 7) is 0. The van der Waals surface area contributed by atoms with Crippen molar-refractivity contribution in [1.29, 1.82) is 0 Å². The molecule has 1 atom stereocenters. The van der Waals surface area contributed by atoms with Crippen molar-refractivity contribution in [2.24, 2.45) is 5.73 Å². The van der Waals surface area contributed by atoms with E-state index in [1.165, 1.54) is 23.3 Å². The van der Waals surface area contributed by atoms with Crippen LogP contribution in [-0.4, -0.2) is 35.0 Å². The normalized spacial score (nSPS) is 24.9. The molecular formula is C18H26ClN5OS. The third-order valence-electron chi connectivity index (χ3n) is 5.65. The molecule has 2 aromatic heterocycles. The molecule has 0 saturated heterocycles. The van der Waals surface area contributed by atoms with Crippen molar-refractivity contribution in [2.75, 3.05) is 12.4 Å². The number of halogens is 1. The Morgan fingerprint density at radius 3 is 2.65 bits per heavy atom. The number of primary amides is 1. The number of aromatic nitrogens is 2. The second kappa shape index (κ2) is 8.06. The van der Waals surface area contributed by atoms with Crippen LogP contribution in [0.3, 0.4) is 0 Å². The third-order valence-corrected chi connectivity index (χ3v) is 6.83. The van der Waals surface area contributed by atoms with E-state index < -0.39 is 0 Å². The van der Waals surface area contributed by atoms with Crippen LogP contribution in [0.4, 0.5) is 5.82 Å². The molecule has 6 nitrogen and oxygen atoms in total. The monoisotopic (exact) mass is 395 g/mol. The molecule has 0 unspecified atom stereocenters. The molecular weight excluding hydrogens is 370 g/mol. The fourth-order valence-electron chi connectivity index (χ4n) is 4.34. The molecule has 2 aliphatic rings. The van der Waals surface area contributed by atoms with Gasteiger partial charge in [0.2, 0.25) is 5.91 Å². The molecule has 0 spiro atoms. The van der Waals surface area contributed by atoms with Crippen LogP contribution in [0.1, 0.15) is 54.9 Å². The number of carbonyl (C=O) groups is 1. The maximum absolute atomic E-state index is 11.5. The molecule has 4 N–H and O–H groups in total. The summed E-state index contributed by atoms with van der Waals surface area (Å²) in [4.78, 5) is 22.9. The Labute approximate surface area is 163 Å². The first-order valence-electron chi connectivity index (χ1n) is 9.14. The predicted octanol–water partition coefficient (Wildman–Crippen LogP) is 2.96. The number of nitrogens with zero attached hydrogens (tertiary/aromatic N) is 2. The summed E-state index contributed by atoms with van der Waals surface area (Å²) in [6, 6.07) is 1.09. The number of hydrogen-bond donors (Lipinski definition) is 3. The number of carbonyl (C=O) groups excluding carboxylic acids is 1. The van der Waals surface area contributed by atoms with Gasteiger partial charge >= 0.3 is 0 Å². The SMILES string of the molecule is CNC1CCC(Nc2ncnc3sc4c(c23)[C@@H](CC(N)=O)CC4)CC1.Cl. The zero-order chi connectivity index (χ0) is 17.4. The van der Waals surface area contributed by atoms with E-state index in [1.807, 2.05) is 7.05 Å². The first kappa shape index (κ1) is 19.3. The lowest BCUT2D eigenvalue weighted by Crippen LogP contribution is -2.35. The van der Waals surface area contributed by atoms with Gasteiger partial charge in [0.05, 0.1) is 5.39 Å². The number of nitrogens with one attached hydrogen (secondary N) is 2. The minimum Gasteiger partial charge on any atom is -0.370 e. The number of amides is 1. The standard InChI is InChI=1S/C18H25N5OS.ClH/c1-20-11-3-5-12(6-4-11)23-17-16-15-10(8-14(19)24)2-7-13(15)25-18(16)22-9-21-17;/h9-12,20H,2-8H2,1H3,(H2,19,24)(H,21,22,23);1H/t10-,11?,12?;/m1./s1. The van der Waals surface area contributed by atoms with E-state index in [0.717, 1.165) is 41.7 Å². The molecule has 2 aromatic rings. The van der Waals surface area contributed by atoms with Gasteiger partial charge in [-0.05, 0) is 57.1 Å². The van der Waals surface area contributed by atoms with Gasteiger partial charge in [-0.25, -0.2) is 9.97 Å². The number of thiophene rings is 1. The highest BCUT2D eigenvalue weighted by Crippen LogP contribution is 2.46. The average molecular weight is 396 g/mol. The second-order valence-electron chi connectivity index (χ2n) is 7.23. The van der Waals surface area contributed by atoms with E-state index in [1.54, 1.807) is 17.7 Å². The van der Waals surface area contributed by atoms with Crippen LogP contribution in [0.2, 0.25) is 0 Å². The summed E-state index contributed by atoms with van der Waals surface area (Å²) in [7, 11) is 2.04. The second-order valence-corrected chi connectivity index (χ2v) is 8.31. The molecule has 8 heteroatoms. The van der Waals surface area contributed by atoms with Crippen LogP contribution in [0, 0.1) is 0 Å². The van der Waals surface area contributed by atoms with Gasteiger partial charge in [-0.2, -0.15) is 0 Å². The molecule has 26 heavy (non-hydrogen) atoms. The summed E-state index contributed by atoms with van der Waals surface area (Å²) < 4.78 is 0. The Bertz CT molecular complexity index is 787. The maximum Gasteiger partial charge on any atom is 0.218 e. The van der Waals surface area contributed by atoms with E-state index in [9.17, 15) is 4.79 Å². The number of hydrogen-bond acceptors (Lipinski definition) is 6. The maximum atomic E-state index is 11.5. The molecule has 142 valence electrons. The Balaban J connectivity index is 0.00000196. The van der Waals surface area contributed by atoms with Crippen LogP contribution < -0.4 is 16.4 Å². The lowest BCUT2D eigenvalue weighted by molar-refractivity contribution is -0.118. The lowest BCUT2D eigenvalue weighted by atomic mass is 9.91. The van der Waals surface area contributed by atoms with Crippen molar-refractivity contribution in [3.05, 3.63) is 16.8 Å². The summed E-state index contributed by atoms with van der Waals surface area (Å²) >= 11 is 1.74. The number of anilines is 1. The highest BCUT2D eigenvalue weighted by Gasteiger charge is 2.31. The largest absolute Gasteiger partial charge is 0.370 e. The number of fused-ring (bicyclic) bond motifs is 3. The molecule has 2 aliphatic carbocycles. The average Bonchev–Trinajstić information content (AvgIpc) is 3.15. The van der Waals surface area contributed by atoms with Gasteiger partial charge < -0.3 is 16.4 Å². The summed E-state index contributed by atoms with van der Waals surface area (Å²) in [5, 5.41) is 8.17. The highest BCUT2D eigenvalue weighted by atomic mass is 35.5. The zero-order valence-electron chi connectivity index (χ0n) is 15.0. The molecule has 0 bridgehead atoms. The fraction of sp³-hybridized carbons (Fsp3) is 0.611. The smallest absolute Gasteiger partial charge is 0.218 e. The van der Waals surface area contributed by atoms with E-state index >= 15 is 0 Å². The van der Waals surface area contributed by atoms with Gasteiger partial charge in [0, 0.05) is 23.4 Å². The van der Waals surface area contributed by atoms with Crippen LogP contribution >= 0.6 is 23.7 Å². The van der Waals surface area contributed by atoms with Gasteiger partial charge in [0.15, 0.2) is 0 Å². The van der Waals surface area contributed by atoms with E-state index in [-0.39, 0.29) is 24.2 Å². The molecule has 0 aliphatic heterocycles. The quantitative estimate of drug-likeness (QED) is 0.723. The molecule has 2 heterocycles. The van der Waals surface area contributed by atoms with Crippen LogP contribution in [-0.2, 0) is 11.2 Å². The van der Waals surface area contributed by atoms with Crippen molar-refractivity contribution >= 4 is 45.7 Å². The predicted molar refractivity (Wildman–Crippen MR) is 108 cm³/mol. The molecule has 1 saturated carbocycles. The number of rotatable bonds is 5. The van der Waals surface area contributed by atoms with Crippen LogP contribution in [0.15, 0.2) is 6.33 Å². The van der Waals surface area contributed by atoms with Crippen molar-refractivity contribution in [3.8, 4) is 0 Å². The minimum atomic E-state index is -0.228.